The van der Waals surface area contributed by atoms with Gasteiger partial charge in [0.1, 0.15) is 5.82 Å². The molecule has 1 fully saturated rings. The van der Waals surface area contributed by atoms with Crippen LogP contribution in [0.1, 0.15) is 19.3 Å². The number of carboxylic acids is 1. The van der Waals surface area contributed by atoms with Crippen LogP contribution in [0.3, 0.4) is 0 Å². The average Bonchev–Trinajstić information content (AvgIpc) is 2.81. The van der Waals surface area contributed by atoms with Gasteiger partial charge in [-0.15, -0.1) is 5.10 Å². The van der Waals surface area contributed by atoms with Crippen LogP contribution >= 0.6 is 0 Å². The number of carbonyl (C=O) groups is 1. The monoisotopic (exact) mass is 276 g/mol. The summed E-state index contributed by atoms with van der Waals surface area (Å²) in [6.07, 6.45) is 2.07. The normalized spacial score (nSPS) is 16.6. The van der Waals surface area contributed by atoms with Crippen LogP contribution in [0.5, 0.6) is 0 Å². The Morgan fingerprint density at radius 2 is 2.15 bits per heavy atom. The number of aliphatic carboxylic acids is 1. The molecule has 1 aliphatic carbocycles. The smallest absolute Gasteiger partial charge is 0.311 e. The fourth-order valence-electron chi connectivity index (χ4n) is 2.48. The van der Waals surface area contributed by atoms with Crippen molar-refractivity contribution in [3.05, 3.63) is 30.1 Å². The van der Waals surface area contributed by atoms with Gasteiger partial charge in [0.25, 0.3) is 0 Å². The Morgan fingerprint density at radius 1 is 1.40 bits per heavy atom. The van der Waals surface area contributed by atoms with E-state index in [1.165, 1.54) is 10.7 Å². The van der Waals surface area contributed by atoms with Crippen molar-refractivity contribution >= 4 is 5.97 Å². The van der Waals surface area contributed by atoms with E-state index in [2.05, 4.69) is 15.5 Å². The summed E-state index contributed by atoms with van der Waals surface area (Å²) in [6.45, 7) is 0.166. The van der Waals surface area contributed by atoms with Crippen LogP contribution in [0, 0.1) is 11.2 Å². The molecule has 1 N–H and O–H groups in total. The standard InChI is InChI=1S/C13H13FN4O2/c14-10-5-2-1-4-9(10)11-15-16-17-18(11)8-13(12(19)20)6-3-7-13/h1-2,4-5H,3,6-8H2,(H,19,20). The SMILES string of the molecule is O=C(O)C1(Cn2nnnc2-c2ccccc2F)CCC1. The maximum absolute atomic E-state index is 13.8. The topological polar surface area (TPSA) is 80.9 Å². The number of halogens is 1. The highest BCUT2D eigenvalue weighted by Crippen LogP contribution is 2.43. The van der Waals surface area contributed by atoms with Gasteiger partial charge in [-0.25, -0.2) is 9.07 Å². The molecule has 7 heteroatoms. The number of hydrogen-bond donors (Lipinski definition) is 1. The van der Waals surface area contributed by atoms with E-state index in [4.69, 9.17) is 0 Å². The maximum atomic E-state index is 13.8. The van der Waals surface area contributed by atoms with Gasteiger partial charge in [-0.2, -0.15) is 0 Å². The van der Waals surface area contributed by atoms with Gasteiger partial charge in [0.2, 0.25) is 0 Å². The van der Waals surface area contributed by atoms with Crippen molar-refractivity contribution in [2.24, 2.45) is 5.41 Å². The van der Waals surface area contributed by atoms with Crippen LogP contribution in [-0.2, 0) is 11.3 Å². The first kappa shape index (κ1) is 12.7. The lowest BCUT2D eigenvalue weighted by atomic mass is 9.69. The minimum atomic E-state index is -0.848. The molecular formula is C13H13FN4O2. The molecule has 0 radical (unpaired) electrons. The lowest BCUT2D eigenvalue weighted by molar-refractivity contribution is -0.156. The van der Waals surface area contributed by atoms with Crippen molar-refractivity contribution in [2.75, 3.05) is 0 Å². The molecule has 0 atom stereocenters. The summed E-state index contributed by atoms with van der Waals surface area (Å²) in [5.74, 6) is -1.02. The molecule has 0 unspecified atom stereocenters. The van der Waals surface area contributed by atoms with Gasteiger partial charge in [0.15, 0.2) is 5.82 Å². The first-order valence-electron chi connectivity index (χ1n) is 6.37. The largest absolute Gasteiger partial charge is 0.481 e. The summed E-state index contributed by atoms with van der Waals surface area (Å²) in [7, 11) is 0. The lowest BCUT2D eigenvalue weighted by Gasteiger charge is -2.37. The van der Waals surface area contributed by atoms with E-state index in [0.29, 0.717) is 12.8 Å². The van der Waals surface area contributed by atoms with Crippen LogP contribution in [0.4, 0.5) is 4.39 Å². The van der Waals surface area contributed by atoms with Crippen LogP contribution in [0.25, 0.3) is 11.4 Å². The third kappa shape index (κ3) is 1.95. The molecule has 0 spiro atoms. The van der Waals surface area contributed by atoms with Crippen molar-refractivity contribution in [1.82, 2.24) is 20.2 Å². The quantitative estimate of drug-likeness (QED) is 0.919. The molecule has 0 aliphatic heterocycles. The van der Waals surface area contributed by atoms with Crippen LogP contribution in [-0.4, -0.2) is 31.3 Å². The first-order chi connectivity index (χ1) is 9.62. The second-order valence-corrected chi connectivity index (χ2v) is 5.08. The molecule has 0 bridgehead atoms. The molecule has 1 heterocycles. The van der Waals surface area contributed by atoms with Gasteiger partial charge >= 0.3 is 5.97 Å². The summed E-state index contributed by atoms with van der Waals surface area (Å²) in [5.41, 5.74) is -0.549. The fourth-order valence-corrected chi connectivity index (χ4v) is 2.48. The number of carboxylic acid groups (broad SMARTS) is 1. The Hall–Kier alpha value is -2.31. The predicted molar refractivity (Wildman–Crippen MR) is 67.1 cm³/mol. The molecule has 0 amide bonds. The minimum Gasteiger partial charge on any atom is -0.481 e. The van der Waals surface area contributed by atoms with Crippen molar-refractivity contribution in [3.8, 4) is 11.4 Å². The first-order valence-corrected chi connectivity index (χ1v) is 6.37. The van der Waals surface area contributed by atoms with Crippen molar-refractivity contribution in [1.29, 1.82) is 0 Å². The predicted octanol–water partition coefficient (Wildman–Crippen LogP) is 1.73. The van der Waals surface area contributed by atoms with E-state index in [1.54, 1.807) is 18.2 Å². The molecule has 1 aromatic heterocycles. The molecule has 6 nitrogen and oxygen atoms in total. The zero-order valence-electron chi connectivity index (χ0n) is 10.7. The minimum absolute atomic E-state index is 0.166. The van der Waals surface area contributed by atoms with Gasteiger partial charge in [-0.1, -0.05) is 18.6 Å². The van der Waals surface area contributed by atoms with Crippen LogP contribution < -0.4 is 0 Å². The molecule has 1 aromatic carbocycles. The van der Waals surface area contributed by atoms with Crippen LogP contribution in [0.2, 0.25) is 0 Å². The summed E-state index contributed by atoms with van der Waals surface area (Å²) in [6, 6.07) is 6.17. The summed E-state index contributed by atoms with van der Waals surface area (Å²) >= 11 is 0. The summed E-state index contributed by atoms with van der Waals surface area (Å²) in [5, 5.41) is 20.5. The van der Waals surface area contributed by atoms with Gasteiger partial charge in [0, 0.05) is 0 Å². The number of aromatic nitrogens is 4. The van der Waals surface area contributed by atoms with Crippen molar-refractivity contribution in [3.63, 3.8) is 0 Å². The van der Waals surface area contributed by atoms with Gasteiger partial charge in [0.05, 0.1) is 17.5 Å². The van der Waals surface area contributed by atoms with Crippen molar-refractivity contribution < 1.29 is 14.3 Å². The highest BCUT2D eigenvalue weighted by atomic mass is 19.1. The van der Waals surface area contributed by atoms with Gasteiger partial charge < -0.3 is 5.11 Å². The second-order valence-electron chi connectivity index (χ2n) is 5.08. The van der Waals surface area contributed by atoms with E-state index < -0.39 is 17.2 Å². The second kappa shape index (κ2) is 4.66. The molecular weight excluding hydrogens is 263 g/mol. The molecule has 3 rings (SSSR count). The molecule has 0 saturated heterocycles. The third-order valence-corrected chi connectivity index (χ3v) is 3.86. The number of benzene rings is 1. The Kier molecular flexibility index (Phi) is 2.96. The molecule has 104 valence electrons. The molecule has 20 heavy (non-hydrogen) atoms. The maximum Gasteiger partial charge on any atom is 0.311 e. The van der Waals surface area contributed by atoms with Gasteiger partial charge in [-0.3, -0.25) is 4.79 Å². The molecule has 2 aromatic rings. The van der Waals surface area contributed by atoms with E-state index in [-0.39, 0.29) is 17.9 Å². The Balaban J connectivity index is 1.95. The number of nitrogens with zero attached hydrogens (tertiary/aromatic N) is 4. The van der Waals surface area contributed by atoms with E-state index in [9.17, 15) is 14.3 Å². The van der Waals surface area contributed by atoms with E-state index in [1.807, 2.05) is 0 Å². The zero-order valence-corrected chi connectivity index (χ0v) is 10.7. The summed E-state index contributed by atoms with van der Waals surface area (Å²) in [4.78, 5) is 11.4. The number of rotatable bonds is 4. The molecule has 1 saturated carbocycles. The zero-order chi connectivity index (χ0) is 14.2. The highest BCUT2D eigenvalue weighted by Gasteiger charge is 2.45. The Bertz CT molecular complexity index is 651. The third-order valence-electron chi connectivity index (χ3n) is 3.86. The Morgan fingerprint density at radius 3 is 2.75 bits per heavy atom. The van der Waals surface area contributed by atoms with Gasteiger partial charge in [-0.05, 0) is 35.4 Å². The number of hydrogen-bond acceptors (Lipinski definition) is 4. The Labute approximate surface area is 114 Å². The lowest BCUT2D eigenvalue weighted by Crippen LogP contribution is -2.42. The molecule has 1 aliphatic rings. The van der Waals surface area contributed by atoms with Crippen molar-refractivity contribution in [2.45, 2.75) is 25.8 Å². The number of tetrazole rings is 1. The fraction of sp³-hybridized carbons (Fsp3) is 0.385. The van der Waals surface area contributed by atoms with E-state index >= 15 is 0 Å². The average molecular weight is 276 g/mol. The summed E-state index contributed by atoms with van der Waals surface area (Å²) < 4.78 is 15.2. The highest BCUT2D eigenvalue weighted by molar-refractivity contribution is 5.75. The van der Waals surface area contributed by atoms with Crippen LogP contribution in [0.15, 0.2) is 24.3 Å². The van der Waals surface area contributed by atoms with E-state index in [0.717, 1.165) is 6.42 Å².